The third-order valence-electron chi connectivity index (χ3n) is 9.91. The van der Waals surface area contributed by atoms with Gasteiger partial charge >= 0.3 is 0 Å². The topological polar surface area (TPSA) is 48.5 Å². The molecule has 52 heavy (non-hydrogen) atoms. The highest BCUT2D eigenvalue weighted by atomic mass is 79.9. The average Bonchev–Trinajstić information content (AvgIpc) is 3.74. The highest BCUT2D eigenvalue weighted by Gasteiger charge is 2.19. The fourth-order valence-corrected chi connectivity index (χ4v) is 7.83. The Hall–Kier alpha value is -6.37. The molecule has 6 heteroatoms. The van der Waals surface area contributed by atoms with Crippen LogP contribution < -0.4 is 0 Å². The number of hydrogen-bond donors (Lipinski definition) is 0. The number of fused-ring (bicyclic) bond motifs is 5. The van der Waals surface area contributed by atoms with Gasteiger partial charge in [-0.05, 0) is 59.2 Å². The van der Waals surface area contributed by atoms with E-state index in [1.807, 2.05) is 24.3 Å². The Morgan fingerprint density at radius 3 is 1.88 bits per heavy atom. The van der Waals surface area contributed by atoms with Crippen LogP contribution in [0.25, 0.3) is 83.5 Å². The maximum absolute atomic E-state index is 5.24. The lowest BCUT2D eigenvalue weighted by molar-refractivity contribution is 0.831. The molecule has 5 nitrogen and oxygen atoms in total. The molecule has 10 rings (SSSR count). The van der Waals surface area contributed by atoms with Gasteiger partial charge in [-0.3, -0.25) is 4.57 Å². The maximum Gasteiger partial charge on any atom is 0.235 e. The molecular formula is C46H30BrN5. The van der Waals surface area contributed by atoms with Gasteiger partial charge in [-0.25, -0.2) is 15.0 Å². The molecule has 7 aromatic carbocycles. The van der Waals surface area contributed by atoms with Gasteiger partial charge in [0.1, 0.15) is 5.82 Å². The maximum atomic E-state index is 5.24. The quantitative estimate of drug-likeness (QED) is 0.171. The SMILES string of the molecule is Brc1ccccc1Cn1c(-c2ccccc2)nc2cc(-c3ccc4c(c3)c3ccccc3n4-c3nc(-c4ccccc4)c4ccccc4n3)ccc21. The van der Waals surface area contributed by atoms with E-state index in [0.717, 1.165) is 82.0 Å². The van der Waals surface area contributed by atoms with Crippen molar-refractivity contribution in [3.8, 4) is 39.7 Å². The van der Waals surface area contributed by atoms with Crippen molar-refractivity contribution in [3.63, 3.8) is 0 Å². The molecular weight excluding hydrogens is 702 g/mol. The van der Waals surface area contributed by atoms with E-state index in [9.17, 15) is 0 Å². The van der Waals surface area contributed by atoms with Gasteiger partial charge in [0.15, 0.2) is 0 Å². The Kier molecular flexibility index (Phi) is 7.29. The second-order valence-electron chi connectivity index (χ2n) is 13.0. The smallest absolute Gasteiger partial charge is 0.235 e. The lowest BCUT2D eigenvalue weighted by Gasteiger charge is -2.12. The van der Waals surface area contributed by atoms with Gasteiger partial charge in [0.2, 0.25) is 5.95 Å². The van der Waals surface area contributed by atoms with E-state index in [2.05, 4.69) is 171 Å². The van der Waals surface area contributed by atoms with Crippen molar-refractivity contribution in [3.05, 3.63) is 180 Å². The molecule has 246 valence electrons. The van der Waals surface area contributed by atoms with Crippen molar-refractivity contribution in [2.45, 2.75) is 6.54 Å². The molecule has 0 unspecified atom stereocenters. The Bertz CT molecular complexity index is 2950. The van der Waals surface area contributed by atoms with Crippen LogP contribution in [0.4, 0.5) is 0 Å². The molecule has 0 fully saturated rings. The predicted molar refractivity (Wildman–Crippen MR) is 217 cm³/mol. The average molecular weight is 733 g/mol. The lowest BCUT2D eigenvalue weighted by Crippen LogP contribution is -2.03. The van der Waals surface area contributed by atoms with Crippen LogP contribution in [-0.2, 0) is 6.54 Å². The number of benzene rings is 7. The van der Waals surface area contributed by atoms with Gasteiger partial charge in [0.05, 0.1) is 39.8 Å². The summed E-state index contributed by atoms with van der Waals surface area (Å²) in [6.45, 7) is 0.704. The summed E-state index contributed by atoms with van der Waals surface area (Å²) >= 11 is 3.76. The van der Waals surface area contributed by atoms with Gasteiger partial charge in [-0.15, -0.1) is 0 Å². The molecule has 0 aliphatic heterocycles. The van der Waals surface area contributed by atoms with Gasteiger partial charge < -0.3 is 4.57 Å². The summed E-state index contributed by atoms with van der Waals surface area (Å²) in [5.74, 6) is 1.61. The molecule has 0 amide bonds. The van der Waals surface area contributed by atoms with E-state index in [1.165, 1.54) is 5.56 Å². The fraction of sp³-hybridized carbons (Fsp3) is 0.0217. The molecule has 10 aromatic rings. The van der Waals surface area contributed by atoms with E-state index >= 15 is 0 Å². The van der Waals surface area contributed by atoms with Gasteiger partial charge in [-0.2, -0.15) is 0 Å². The first-order chi connectivity index (χ1) is 25.7. The molecule has 0 aliphatic carbocycles. The zero-order valence-corrected chi connectivity index (χ0v) is 29.6. The third-order valence-corrected chi connectivity index (χ3v) is 10.7. The van der Waals surface area contributed by atoms with Crippen molar-refractivity contribution in [1.29, 1.82) is 0 Å². The number of rotatable bonds is 6. The van der Waals surface area contributed by atoms with Crippen LogP contribution in [0.15, 0.2) is 174 Å². The molecule has 0 saturated carbocycles. The minimum absolute atomic E-state index is 0.655. The zero-order chi connectivity index (χ0) is 34.6. The second kappa shape index (κ2) is 12.4. The standard InChI is InChI=1S/C46H30BrN5/c47-38-20-10-7-17-34(38)29-51-43-26-24-33(28-40(43)48-45(51)31-15-5-2-6-16-31)32-23-25-42-37(27-32)35-18-9-12-22-41(35)52(42)46-49-39-21-11-8-19-36(39)44(50-46)30-13-3-1-4-14-30/h1-28H,29H2. The van der Waals surface area contributed by atoms with Crippen molar-refractivity contribution < 1.29 is 0 Å². The van der Waals surface area contributed by atoms with E-state index in [1.54, 1.807) is 0 Å². The highest BCUT2D eigenvalue weighted by Crippen LogP contribution is 2.37. The number of hydrogen-bond acceptors (Lipinski definition) is 3. The van der Waals surface area contributed by atoms with E-state index in [0.29, 0.717) is 12.5 Å². The van der Waals surface area contributed by atoms with E-state index in [-0.39, 0.29) is 0 Å². The third kappa shape index (κ3) is 5.10. The van der Waals surface area contributed by atoms with Crippen LogP contribution in [-0.4, -0.2) is 24.1 Å². The van der Waals surface area contributed by atoms with E-state index < -0.39 is 0 Å². The summed E-state index contributed by atoms with van der Waals surface area (Å²) in [6.07, 6.45) is 0. The van der Waals surface area contributed by atoms with Crippen LogP contribution in [0.2, 0.25) is 0 Å². The fourth-order valence-electron chi connectivity index (χ4n) is 7.42. The summed E-state index contributed by atoms with van der Waals surface area (Å²) < 4.78 is 5.61. The van der Waals surface area contributed by atoms with Crippen LogP contribution >= 0.6 is 15.9 Å². The molecule has 3 heterocycles. The Morgan fingerprint density at radius 1 is 0.442 bits per heavy atom. The minimum atomic E-state index is 0.655. The highest BCUT2D eigenvalue weighted by molar-refractivity contribution is 9.10. The second-order valence-corrected chi connectivity index (χ2v) is 13.9. The predicted octanol–water partition coefficient (Wildman–Crippen LogP) is 11.9. The van der Waals surface area contributed by atoms with Crippen molar-refractivity contribution in [2.75, 3.05) is 0 Å². The molecule has 0 saturated heterocycles. The van der Waals surface area contributed by atoms with Crippen LogP contribution in [0.1, 0.15) is 5.56 Å². The number of para-hydroxylation sites is 2. The van der Waals surface area contributed by atoms with Gasteiger partial charge in [0.25, 0.3) is 0 Å². The molecule has 0 atom stereocenters. The first kappa shape index (κ1) is 30.5. The summed E-state index contributed by atoms with van der Waals surface area (Å²) in [6, 6.07) is 59.3. The number of imidazole rings is 1. The summed E-state index contributed by atoms with van der Waals surface area (Å²) in [7, 11) is 0. The largest absolute Gasteiger partial charge is 0.319 e. The summed E-state index contributed by atoms with van der Waals surface area (Å²) in [4.78, 5) is 15.6. The van der Waals surface area contributed by atoms with Crippen LogP contribution in [0, 0.1) is 0 Å². The first-order valence-corrected chi connectivity index (χ1v) is 18.1. The summed E-state index contributed by atoms with van der Waals surface area (Å²) in [5.41, 5.74) is 11.6. The van der Waals surface area contributed by atoms with Crippen LogP contribution in [0.3, 0.4) is 0 Å². The van der Waals surface area contributed by atoms with E-state index in [4.69, 9.17) is 15.0 Å². The summed E-state index contributed by atoms with van der Waals surface area (Å²) in [5, 5.41) is 3.34. The van der Waals surface area contributed by atoms with Crippen molar-refractivity contribution in [2.24, 2.45) is 0 Å². The molecule has 3 aromatic heterocycles. The minimum Gasteiger partial charge on any atom is -0.319 e. The van der Waals surface area contributed by atoms with Gasteiger partial charge in [-0.1, -0.05) is 143 Å². The molecule has 0 bridgehead atoms. The van der Waals surface area contributed by atoms with Gasteiger partial charge in [0, 0.05) is 31.8 Å². The monoisotopic (exact) mass is 731 g/mol. The lowest BCUT2D eigenvalue weighted by atomic mass is 10.0. The Labute approximate surface area is 308 Å². The number of aromatic nitrogens is 5. The van der Waals surface area contributed by atoms with Crippen molar-refractivity contribution in [1.82, 2.24) is 24.1 Å². The number of nitrogens with zero attached hydrogens (tertiary/aromatic N) is 5. The number of halogens is 1. The Morgan fingerprint density at radius 2 is 1.08 bits per heavy atom. The first-order valence-electron chi connectivity index (χ1n) is 17.3. The van der Waals surface area contributed by atoms with Crippen molar-refractivity contribution >= 4 is 59.7 Å². The molecule has 0 spiro atoms. The normalized spacial score (nSPS) is 11.6. The molecule has 0 aliphatic rings. The molecule has 0 N–H and O–H groups in total. The molecule has 0 radical (unpaired) electrons. The zero-order valence-electron chi connectivity index (χ0n) is 28.0. The van der Waals surface area contributed by atoms with Crippen LogP contribution in [0.5, 0.6) is 0 Å². The Balaban J connectivity index is 1.13.